The molecular formula is C12H5F17NO3-. The van der Waals surface area contributed by atoms with E-state index in [4.69, 9.17) is 0 Å². The van der Waals surface area contributed by atoms with Gasteiger partial charge in [-0.25, -0.2) is 0 Å². The number of carboxylic acid groups (broad SMARTS) is 1. The van der Waals surface area contributed by atoms with Gasteiger partial charge in [0.25, 0.3) is 5.91 Å². The molecule has 1 N–H and O–H groups in total. The fraction of sp³-hybridized carbons (Fsp3) is 0.833. The largest absolute Gasteiger partial charge is 0.548 e. The van der Waals surface area contributed by atoms with E-state index in [2.05, 4.69) is 0 Å². The van der Waals surface area contributed by atoms with Crippen LogP contribution in [0.4, 0.5) is 74.6 Å². The predicted molar refractivity (Wildman–Crippen MR) is 63.3 cm³/mol. The summed E-state index contributed by atoms with van der Waals surface area (Å²) in [6.07, 6.45) is -7.88. The molecule has 1 unspecified atom stereocenters. The molecule has 0 saturated heterocycles. The van der Waals surface area contributed by atoms with Crippen molar-refractivity contribution in [1.82, 2.24) is 5.32 Å². The van der Waals surface area contributed by atoms with Gasteiger partial charge in [-0.1, -0.05) is 0 Å². The lowest BCUT2D eigenvalue weighted by atomic mass is 9.88. The Morgan fingerprint density at radius 1 is 0.576 bits per heavy atom. The molecule has 0 aliphatic rings. The second kappa shape index (κ2) is 7.91. The molecule has 0 bridgehead atoms. The van der Waals surface area contributed by atoms with Crippen molar-refractivity contribution < 1.29 is 89.3 Å². The van der Waals surface area contributed by atoms with Crippen molar-refractivity contribution in [2.45, 2.75) is 60.6 Å². The van der Waals surface area contributed by atoms with Crippen LogP contribution in [0.5, 0.6) is 0 Å². The Kier molecular flexibility index (Phi) is 7.37. The van der Waals surface area contributed by atoms with Gasteiger partial charge in [-0.3, -0.25) is 4.79 Å². The maximum atomic E-state index is 13.4. The van der Waals surface area contributed by atoms with Crippen molar-refractivity contribution in [3.63, 3.8) is 0 Å². The first-order chi connectivity index (χ1) is 14.0. The molecule has 0 aliphatic carbocycles. The molecule has 196 valence electrons. The number of aliphatic carboxylic acids is 1. The van der Waals surface area contributed by atoms with Gasteiger partial charge in [-0.15, -0.1) is 0 Å². The van der Waals surface area contributed by atoms with Gasteiger partial charge >= 0.3 is 47.6 Å². The van der Waals surface area contributed by atoms with Gasteiger partial charge in [0, 0.05) is 0 Å². The van der Waals surface area contributed by atoms with Crippen LogP contribution >= 0.6 is 0 Å². The monoisotopic (exact) mass is 534 g/mol. The van der Waals surface area contributed by atoms with E-state index < -0.39 is 65.6 Å². The Bertz CT molecular complexity index is 772. The van der Waals surface area contributed by atoms with Gasteiger partial charge < -0.3 is 15.2 Å². The first-order valence-corrected chi connectivity index (χ1v) is 7.23. The highest BCUT2D eigenvalue weighted by Crippen LogP contribution is 2.63. The lowest BCUT2D eigenvalue weighted by Gasteiger charge is -2.42. The average Bonchev–Trinajstić information content (AvgIpc) is 2.59. The summed E-state index contributed by atoms with van der Waals surface area (Å²) in [6, 6.07) is -2.77. The molecule has 0 saturated carbocycles. The van der Waals surface area contributed by atoms with Crippen LogP contribution in [-0.2, 0) is 9.59 Å². The summed E-state index contributed by atoms with van der Waals surface area (Å²) in [4.78, 5) is 21.1. The number of alkyl halides is 17. The highest BCUT2D eigenvalue weighted by Gasteiger charge is 2.95. The summed E-state index contributed by atoms with van der Waals surface area (Å²) >= 11 is 0. The molecule has 1 amide bonds. The second-order valence-electron chi connectivity index (χ2n) is 6.03. The Labute approximate surface area is 168 Å². The Morgan fingerprint density at radius 2 is 0.848 bits per heavy atom. The third-order valence-corrected chi connectivity index (χ3v) is 3.71. The molecule has 33 heavy (non-hydrogen) atoms. The minimum absolute atomic E-state index is 0.127. The van der Waals surface area contributed by atoms with Crippen LogP contribution in [0.25, 0.3) is 0 Å². The van der Waals surface area contributed by atoms with Crippen LogP contribution in [0.15, 0.2) is 0 Å². The highest BCUT2D eigenvalue weighted by molar-refractivity contribution is 5.88. The summed E-state index contributed by atoms with van der Waals surface area (Å²) in [5.41, 5.74) is 0. The molecule has 0 aromatic carbocycles. The van der Waals surface area contributed by atoms with Gasteiger partial charge in [0.15, 0.2) is 0 Å². The van der Waals surface area contributed by atoms with E-state index in [9.17, 15) is 89.3 Å². The number of halogens is 17. The zero-order valence-corrected chi connectivity index (χ0v) is 14.7. The van der Waals surface area contributed by atoms with Gasteiger partial charge in [-0.05, 0) is 6.92 Å². The maximum Gasteiger partial charge on any atom is 0.460 e. The smallest absolute Gasteiger partial charge is 0.460 e. The molecule has 0 aliphatic heterocycles. The molecule has 0 radical (unpaired) electrons. The molecule has 1 atom stereocenters. The van der Waals surface area contributed by atoms with E-state index in [1.807, 2.05) is 0 Å². The normalized spacial score (nSPS) is 16.4. The molecular weight excluding hydrogens is 529 g/mol. The third kappa shape index (κ3) is 4.10. The van der Waals surface area contributed by atoms with Gasteiger partial charge in [0.1, 0.15) is 0 Å². The molecule has 0 fully saturated rings. The van der Waals surface area contributed by atoms with E-state index in [0.29, 0.717) is 0 Å². The number of nitrogens with one attached hydrogen (secondary N) is 1. The van der Waals surface area contributed by atoms with Crippen molar-refractivity contribution in [3.8, 4) is 0 Å². The standard InChI is InChI=1S/C12H6F17NO3/c1-2(3(31)32)30-4(33)5(13,14)6(15,16)7(17,18)8(19,20)9(21,22)10(23,24)11(25,26)12(27,28)29/h2H,1H3,(H,30,33)(H,31,32)/p-1. The number of hydrogen-bond donors (Lipinski definition) is 1. The van der Waals surface area contributed by atoms with E-state index in [1.165, 1.54) is 0 Å². The van der Waals surface area contributed by atoms with Crippen LogP contribution in [0.3, 0.4) is 0 Å². The SMILES string of the molecule is CC(NC(=O)C(F)(F)C(F)(F)C(F)(F)C(F)(F)C(F)(F)C(F)(F)C(F)(F)C(F)(F)F)C(=O)[O-]. The molecule has 0 heterocycles. The fourth-order valence-electron chi connectivity index (χ4n) is 1.65. The van der Waals surface area contributed by atoms with Crippen molar-refractivity contribution in [3.05, 3.63) is 0 Å². The van der Waals surface area contributed by atoms with Gasteiger partial charge in [-0.2, -0.15) is 74.6 Å². The Hall–Kier alpha value is -2.25. The van der Waals surface area contributed by atoms with Gasteiger partial charge in [0.05, 0.1) is 12.0 Å². The Morgan fingerprint density at radius 3 is 1.12 bits per heavy atom. The summed E-state index contributed by atoms with van der Waals surface area (Å²) in [5.74, 6) is -65.4. The molecule has 21 heteroatoms. The van der Waals surface area contributed by atoms with Gasteiger partial charge in [0.2, 0.25) is 0 Å². The van der Waals surface area contributed by atoms with Crippen LogP contribution in [-0.4, -0.2) is 65.6 Å². The topological polar surface area (TPSA) is 69.2 Å². The summed E-state index contributed by atoms with van der Waals surface area (Å²) in [6.45, 7) is 0.127. The number of hydrogen-bond acceptors (Lipinski definition) is 3. The molecule has 0 aromatic rings. The quantitative estimate of drug-likeness (QED) is 0.463. The summed E-state index contributed by atoms with van der Waals surface area (Å²) in [5, 5.41) is 10.5. The lowest BCUT2D eigenvalue weighted by Crippen LogP contribution is -2.75. The number of carboxylic acids is 1. The highest BCUT2D eigenvalue weighted by atomic mass is 19.4. The zero-order chi connectivity index (χ0) is 27.4. The van der Waals surface area contributed by atoms with Crippen molar-refractivity contribution in [1.29, 1.82) is 0 Å². The third-order valence-electron chi connectivity index (χ3n) is 3.71. The fourth-order valence-corrected chi connectivity index (χ4v) is 1.65. The van der Waals surface area contributed by atoms with Crippen molar-refractivity contribution >= 4 is 11.9 Å². The predicted octanol–water partition coefficient (Wildman–Crippen LogP) is 3.25. The van der Waals surface area contributed by atoms with Crippen molar-refractivity contribution in [2.24, 2.45) is 0 Å². The number of amides is 1. The molecule has 0 spiro atoms. The average molecular weight is 534 g/mol. The maximum absolute atomic E-state index is 13.4. The van der Waals surface area contributed by atoms with E-state index in [0.717, 1.165) is 0 Å². The minimum Gasteiger partial charge on any atom is -0.548 e. The summed E-state index contributed by atoms with van der Waals surface area (Å²) < 4.78 is 220. The number of rotatable bonds is 9. The van der Waals surface area contributed by atoms with E-state index in [-0.39, 0.29) is 12.2 Å². The minimum atomic E-state index is -8.83. The van der Waals surface area contributed by atoms with Crippen LogP contribution in [0.2, 0.25) is 0 Å². The Balaban J connectivity index is 6.70. The van der Waals surface area contributed by atoms with E-state index >= 15 is 0 Å². The zero-order valence-electron chi connectivity index (χ0n) is 14.7. The molecule has 0 aromatic heterocycles. The molecule has 4 nitrogen and oxygen atoms in total. The first-order valence-electron chi connectivity index (χ1n) is 7.23. The first kappa shape index (κ1) is 30.8. The van der Waals surface area contributed by atoms with Crippen LogP contribution < -0.4 is 10.4 Å². The van der Waals surface area contributed by atoms with Crippen molar-refractivity contribution in [2.75, 3.05) is 0 Å². The van der Waals surface area contributed by atoms with Crippen LogP contribution in [0, 0.1) is 0 Å². The van der Waals surface area contributed by atoms with Crippen LogP contribution in [0.1, 0.15) is 6.92 Å². The molecule has 0 rings (SSSR count). The summed E-state index contributed by atoms with van der Waals surface area (Å²) in [7, 11) is 0. The second-order valence-corrected chi connectivity index (χ2v) is 6.03. The number of carbonyl (C=O) groups is 2. The number of carbonyl (C=O) groups excluding carboxylic acids is 2. The van der Waals surface area contributed by atoms with E-state index in [1.54, 1.807) is 0 Å². The lowest BCUT2D eigenvalue weighted by molar-refractivity contribution is -0.459.